The van der Waals surface area contributed by atoms with Crippen LogP contribution in [0.2, 0.25) is 0 Å². The minimum atomic E-state index is -1.03. The number of nitrogens with two attached hydrogens (primary N) is 1. The summed E-state index contributed by atoms with van der Waals surface area (Å²) in [5.74, 6) is -1.12. The number of hydrogen-bond donors (Lipinski definition) is 3. The molecule has 0 heterocycles. The third-order valence-corrected chi connectivity index (χ3v) is 4.57. The molecule has 3 aromatic rings. The molecule has 0 radical (unpaired) electrons. The van der Waals surface area contributed by atoms with Crippen LogP contribution in [0.5, 0.6) is 0 Å². The summed E-state index contributed by atoms with van der Waals surface area (Å²) in [6.07, 6.45) is -1.03. The highest BCUT2D eigenvalue weighted by atomic mass is 16.5. The summed E-state index contributed by atoms with van der Waals surface area (Å²) >= 11 is 0. The van der Waals surface area contributed by atoms with Gasteiger partial charge in [-0.05, 0) is 36.2 Å². The van der Waals surface area contributed by atoms with Crippen LogP contribution in [0.25, 0.3) is 0 Å². The maximum atomic E-state index is 12.8. The molecule has 3 amide bonds. The lowest BCUT2D eigenvalue weighted by Crippen LogP contribution is -2.38. The largest absolute Gasteiger partial charge is 0.449 e. The zero-order valence-corrected chi connectivity index (χ0v) is 16.9. The van der Waals surface area contributed by atoms with Crippen LogP contribution < -0.4 is 16.4 Å². The molecule has 0 spiro atoms. The zero-order chi connectivity index (χ0) is 22.2. The van der Waals surface area contributed by atoms with Gasteiger partial charge in [-0.3, -0.25) is 4.79 Å². The molecular weight excluding hydrogens is 394 g/mol. The topological polar surface area (TPSA) is 111 Å². The second-order valence-corrected chi connectivity index (χ2v) is 6.88. The van der Waals surface area contributed by atoms with Crippen molar-refractivity contribution in [3.05, 3.63) is 102 Å². The van der Waals surface area contributed by atoms with Crippen molar-refractivity contribution in [3.8, 4) is 0 Å². The van der Waals surface area contributed by atoms with Crippen LogP contribution in [0.4, 0.5) is 10.5 Å². The number of carbonyl (C=O) groups excluding carboxylic acids is 3. The molecule has 3 aromatic carbocycles. The predicted molar refractivity (Wildman–Crippen MR) is 117 cm³/mol. The fraction of sp³-hybridized carbons (Fsp3) is 0.125. The number of urea groups is 1. The number of primary amides is 1. The predicted octanol–water partition coefficient (Wildman–Crippen LogP) is 3.63. The first kappa shape index (κ1) is 21.6. The van der Waals surface area contributed by atoms with E-state index in [9.17, 15) is 14.4 Å². The summed E-state index contributed by atoms with van der Waals surface area (Å²) < 4.78 is 5.34. The van der Waals surface area contributed by atoms with E-state index in [2.05, 4.69) is 10.6 Å². The Kier molecular flexibility index (Phi) is 7.01. The average molecular weight is 417 g/mol. The van der Waals surface area contributed by atoms with E-state index in [-0.39, 0.29) is 11.6 Å². The van der Waals surface area contributed by atoms with Gasteiger partial charge in [0.2, 0.25) is 0 Å². The maximum absolute atomic E-state index is 12.8. The number of ether oxygens (including phenoxy) is 1. The van der Waals surface area contributed by atoms with E-state index in [0.717, 1.165) is 11.1 Å². The SMILES string of the molecule is C[C@H](OC(=O)c1cccc(NC(N)=O)c1)C(=O)NC(c1ccccc1)c1ccccc1. The van der Waals surface area contributed by atoms with Gasteiger partial charge in [0, 0.05) is 5.69 Å². The Morgan fingerprint density at radius 1 is 0.839 bits per heavy atom. The van der Waals surface area contributed by atoms with Crippen molar-refractivity contribution in [2.75, 3.05) is 5.32 Å². The molecule has 0 aliphatic rings. The summed E-state index contributed by atoms with van der Waals surface area (Å²) in [7, 11) is 0. The first-order chi connectivity index (χ1) is 14.9. The van der Waals surface area contributed by atoms with Crippen molar-refractivity contribution in [3.63, 3.8) is 0 Å². The van der Waals surface area contributed by atoms with Gasteiger partial charge < -0.3 is 21.1 Å². The molecule has 0 saturated heterocycles. The summed E-state index contributed by atoms with van der Waals surface area (Å²) in [4.78, 5) is 36.3. The van der Waals surface area contributed by atoms with Crippen molar-refractivity contribution in [2.45, 2.75) is 19.1 Å². The lowest BCUT2D eigenvalue weighted by molar-refractivity contribution is -0.129. The van der Waals surface area contributed by atoms with Crippen LogP contribution in [-0.2, 0) is 9.53 Å². The van der Waals surface area contributed by atoms with E-state index in [1.807, 2.05) is 60.7 Å². The van der Waals surface area contributed by atoms with Crippen LogP contribution >= 0.6 is 0 Å². The van der Waals surface area contributed by atoms with E-state index >= 15 is 0 Å². The van der Waals surface area contributed by atoms with E-state index in [4.69, 9.17) is 10.5 Å². The lowest BCUT2D eigenvalue weighted by atomic mass is 9.98. The number of benzene rings is 3. The third-order valence-electron chi connectivity index (χ3n) is 4.57. The zero-order valence-electron chi connectivity index (χ0n) is 16.9. The van der Waals surface area contributed by atoms with Gasteiger partial charge in [0.05, 0.1) is 11.6 Å². The third kappa shape index (κ3) is 5.93. The Balaban J connectivity index is 1.71. The molecule has 0 unspecified atom stereocenters. The molecule has 0 fully saturated rings. The molecule has 1 atom stereocenters. The molecule has 158 valence electrons. The Labute approximate surface area is 180 Å². The normalized spacial score (nSPS) is 11.4. The molecule has 0 aromatic heterocycles. The smallest absolute Gasteiger partial charge is 0.338 e. The lowest BCUT2D eigenvalue weighted by Gasteiger charge is -2.22. The minimum absolute atomic E-state index is 0.188. The molecule has 31 heavy (non-hydrogen) atoms. The number of amides is 3. The summed E-state index contributed by atoms with van der Waals surface area (Å²) in [6.45, 7) is 1.51. The van der Waals surface area contributed by atoms with Crippen molar-refractivity contribution in [1.29, 1.82) is 0 Å². The standard InChI is InChI=1S/C24H23N3O4/c1-16(31-23(29)19-13-8-14-20(15-19)26-24(25)30)22(28)27-21(17-9-4-2-5-10-17)18-11-6-3-7-12-18/h2-16,21H,1H3,(H,27,28)(H3,25,26,30)/t16-/m0/s1. The van der Waals surface area contributed by atoms with E-state index in [1.165, 1.54) is 19.1 Å². The average Bonchev–Trinajstić information content (AvgIpc) is 2.78. The molecular formula is C24H23N3O4. The highest BCUT2D eigenvalue weighted by Crippen LogP contribution is 2.22. The Morgan fingerprint density at radius 3 is 1.97 bits per heavy atom. The molecule has 0 bridgehead atoms. The molecule has 3 rings (SSSR count). The molecule has 7 nitrogen and oxygen atoms in total. The second kappa shape index (κ2) is 10.1. The molecule has 0 aliphatic carbocycles. The van der Waals surface area contributed by atoms with Crippen LogP contribution in [0.1, 0.15) is 34.5 Å². The first-order valence-electron chi connectivity index (χ1n) is 9.72. The van der Waals surface area contributed by atoms with Gasteiger partial charge in [-0.1, -0.05) is 66.7 Å². The number of rotatable bonds is 7. The fourth-order valence-electron chi connectivity index (χ4n) is 3.06. The van der Waals surface area contributed by atoms with E-state index in [1.54, 1.807) is 12.1 Å². The summed E-state index contributed by atoms with van der Waals surface area (Å²) in [5, 5.41) is 5.34. The van der Waals surface area contributed by atoms with Crippen molar-refractivity contribution in [1.82, 2.24) is 5.32 Å². The second-order valence-electron chi connectivity index (χ2n) is 6.88. The van der Waals surface area contributed by atoms with Gasteiger partial charge in [-0.2, -0.15) is 0 Å². The number of hydrogen-bond acceptors (Lipinski definition) is 4. The van der Waals surface area contributed by atoms with E-state index < -0.39 is 24.0 Å². The van der Waals surface area contributed by atoms with Crippen LogP contribution in [-0.4, -0.2) is 24.0 Å². The molecule has 0 aliphatic heterocycles. The summed E-state index contributed by atoms with van der Waals surface area (Å²) in [5.41, 5.74) is 7.45. The van der Waals surface area contributed by atoms with Gasteiger partial charge >= 0.3 is 12.0 Å². The van der Waals surface area contributed by atoms with Crippen molar-refractivity contribution >= 4 is 23.6 Å². The van der Waals surface area contributed by atoms with E-state index in [0.29, 0.717) is 5.69 Å². The number of anilines is 1. The maximum Gasteiger partial charge on any atom is 0.338 e. The highest BCUT2D eigenvalue weighted by molar-refractivity contribution is 5.95. The number of carbonyl (C=O) groups is 3. The molecule has 4 N–H and O–H groups in total. The Morgan fingerprint density at radius 2 is 1.42 bits per heavy atom. The van der Waals surface area contributed by atoms with Crippen molar-refractivity contribution < 1.29 is 19.1 Å². The van der Waals surface area contributed by atoms with Crippen molar-refractivity contribution in [2.24, 2.45) is 5.73 Å². The van der Waals surface area contributed by atoms with Crippen LogP contribution in [0, 0.1) is 0 Å². The van der Waals surface area contributed by atoms with Gasteiger partial charge in [-0.25, -0.2) is 9.59 Å². The Hall–Kier alpha value is -4.13. The van der Waals surface area contributed by atoms with Gasteiger partial charge in [0.15, 0.2) is 6.10 Å². The van der Waals surface area contributed by atoms with Crippen LogP contribution in [0.15, 0.2) is 84.9 Å². The molecule has 0 saturated carbocycles. The summed E-state index contributed by atoms with van der Waals surface area (Å²) in [6, 6.07) is 24.1. The number of esters is 1. The monoisotopic (exact) mass is 417 g/mol. The van der Waals surface area contributed by atoms with Crippen LogP contribution in [0.3, 0.4) is 0 Å². The first-order valence-corrected chi connectivity index (χ1v) is 9.72. The minimum Gasteiger partial charge on any atom is -0.449 e. The highest BCUT2D eigenvalue weighted by Gasteiger charge is 2.23. The fourth-order valence-corrected chi connectivity index (χ4v) is 3.06. The van der Waals surface area contributed by atoms with Gasteiger partial charge in [-0.15, -0.1) is 0 Å². The number of nitrogens with one attached hydrogen (secondary N) is 2. The van der Waals surface area contributed by atoms with Gasteiger partial charge in [0.25, 0.3) is 5.91 Å². The Bertz CT molecular complexity index is 1020. The molecule has 7 heteroatoms. The van der Waals surface area contributed by atoms with Gasteiger partial charge in [0.1, 0.15) is 0 Å². The quantitative estimate of drug-likeness (QED) is 0.510.